The molecule has 21 heavy (non-hydrogen) atoms. The second-order valence-corrected chi connectivity index (χ2v) is 5.99. The van der Waals surface area contributed by atoms with Crippen LogP contribution in [0.2, 0.25) is 0 Å². The zero-order valence-electron chi connectivity index (χ0n) is 10.9. The molecule has 0 aliphatic heterocycles. The molecule has 0 aliphatic rings. The van der Waals surface area contributed by atoms with Crippen molar-refractivity contribution in [3.8, 4) is 0 Å². The minimum atomic E-state index is 0.850. The first-order valence-electron chi connectivity index (χ1n) is 6.74. The number of furan rings is 2. The summed E-state index contributed by atoms with van der Waals surface area (Å²) in [5.74, 6) is 0. The lowest BCUT2D eigenvalue weighted by atomic mass is 10.1. The van der Waals surface area contributed by atoms with Crippen LogP contribution in [-0.2, 0) is 0 Å². The molecule has 2 heterocycles. The van der Waals surface area contributed by atoms with Gasteiger partial charge in [0.05, 0.1) is 9.86 Å². The average molecular weight is 337 g/mol. The Morgan fingerprint density at radius 2 is 1.43 bits per heavy atom. The summed E-state index contributed by atoms with van der Waals surface area (Å²) in [5.41, 5.74) is 3.51. The minimum Gasteiger partial charge on any atom is -0.455 e. The lowest BCUT2D eigenvalue weighted by molar-refractivity contribution is 0.661. The summed E-state index contributed by atoms with van der Waals surface area (Å²) in [6, 6.07) is 18.3. The molecule has 2 aromatic heterocycles. The number of halogens is 1. The van der Waals surface area contributed by atoms with Crippen LogP contribution in [0.15, 0.2) is 67.9 Å². The van der Waals surface area contributed by atoms with Crippen LogP contribution >= 0.6 is 15.9 Å². The van der Waals surface area contributed by atoms with Crippen molar-refractivity contribution in [3.05, 3.63) is 59.1 Å². The molecule has 0 aliphatic carbocycles. The fourth-order valence-corrected chi connectivity index (χ4v) is 3.48. The minimum absolute atomic E-state index is 0.850. The van der Waals surface area contributed by atoms with E-state index >= 15 is 0 Å². The quantitative estimate of drug-likeness (QED) is 0.334. The first-order chi connectivity index (χ1) is 10.3. The summed E-state index contributed by atoms with van der Waals surface area (Å²) in [6.07, 6.45) is 0. The van der Waals surface area contributed by atoms with E-state index in [-0.39, 0.29) is 0 Å². The highest BCUT2D eigenvalue weighted by Gasteiger charge is 2.16. The van der Waals surface area contributed by atoms with Crippen molar-refractivity contribution in [2.45, 2.75) is 0 Å². The monoisotopic (exact) mass is 336 g/mol. The van der Waals surface area contributed by atoms with E-state index in [1.807, 2.05) is 36.4 Å². The molecule has 0 N–H and O–H groups in total. The summed E-state index contributed by atoms with van der Waals surface area (Å²) in [6.45, 7) is 0. The average Bonchev–Trinajstić information content (AvgIpc) is 3.05. The predicted octanol–water partition coefficient (Wildman–Crippen LogP) is 6.25. The molecule has 0 bridgehead atoms. The largest absolute Gasteiger partial charge is 0.455 e. The highest BCUT2D eigenvalue weighted by atomic mass is 79.9. The Hall–Kier alpha value is -2.26. The van der Waals surface area contributed by atoms with Crippen molar-refractivity contribution in [3.63, 3.8) is 0 Å². The Balaban J connectivity index is 2.13. The van der Waals surface area contributed by atoms with Gasteiger partial charge >= 0.3 is 0 Å². The molecular weight excluding hydrogens is 328 g/mol. The normalized spacial score (nSPS) is 12.0. The van der Waals surface area contributed by atoms with Crippen molar-refractivity contribution in [2.75, 3.05) is 0 Å². The Kier molecular flexibility index (Phi) is 2.11. The maximum Gasteiger partial charge on any atom is 0.149 e. The van der Waals surface area contributed by atoms with Gasteiger partial charge in [0.25, 0.3) is 0 Å². The van der Waals surface area contributed by atoms with E-state index in [2.05, 4.69) is 34.1 Å². The van der Waals surface area contributed by atoms with E-state index in [9.17, 15) is 0 Å². The lowest BCUT2D eigenvalue weighted by Crippen LogP contribution is -1.69. The number of hydrogen-bond donors (Lipinski definition) is 0. The number of para-hydroxylation sites is 2. The number of fused-ring (bicyclic) bond motifs is 7. The fraction of sp³-hybridized carbons (Fsp3) is 0. The van der Waals surface area contributed by atoms with E-state index in [0.717, 1.165) is 48.3 Å². The molecule has 3 heteroatoms. The highest BCUT2D eigenvalue weighted by Crippen LogP contribution is 2.40. The van der Waals surface area contributed by atoms with Gasteiger partial charge in [0.15, 0.2) is 0 Å². The highest BCUT2D eigenvalue weighted by molar-refractivity contribution is 9.10. The van der Waals surface area contributed by atoms with Crippen LogP contribution in [0.3, 0.4) is 0 Å². The van der Waals surface area contributed by atoms with E-state index in [1.165, 1.54) is 0 Å². The molecule has 0 amide bonds. The first kappa shape index (κ1) is 11.4. The van der Waals surface area contributed by atoms with Gasteiger partial charge in [-0.1, -0.05) is 30.3 Å². The third-order valence-electron chi connectivity index (χ3n) is 3.96. The third kappa shape index (κ3) is 1.41. The molecule has 5 aromatic rings. The van der Waals surface area contributed by atoms with Gasteiger partial charge in [0.1, 0.15) is 22.3 Å². The molecule has 0 spiro atoms. The van der Waals surface area contributed by atoms with Crippen molar-refractivity contribution < 1.29 is 8.83 Å². The molecule has 0 unspecified atom stereocenters. The van der Waals surface area contributed by atoms with Gasteiger partial charge in [-0.05, 0) is 40.2 Å². The van der Waals surface area contributed by atoms with Crippen LogP contribution < -0.4 is 0 Å². The summed E-state index contributed by atoms with van der Waals surface area (Å²) < 4.78 is 13.0. The molecular formula is C18H9BrO2. The Bertz CT molecular complexity index is 1150. The maximum absolute atomic E-state index is 6.10. The van der Waals surface area contributed by atoms with Gasteiger partial charge in [0.2, 0.25) is 0 Å². The zero-order chi connectivity index (χ0) is 14.0. The van der Waals surface area contributed by atoms with Gasteiger partial charge in [-0.2, -0.15) is 0 Å². The fourth-order valence-electron chi connectivity index (χ4n) is 3.03. The van der Waals surface area contributed by atoms with Gasteiger partial charge in [-0.25, -0.2) is 0 Å². The van der Waals surface area contributed by atoms with Crippen molar-refractivity contribution in [1.29, 1.82) is 0 Å². The van der Waals surface area contributed by atoms with Crippen LogP contribution in [-0.4, -0.2) is 0 Å². The number of hydrogen-bond acceptors (Lipinski definition) is 2. The van der Waals surface area contributed by atoms with E-state index < -0.39 is 0 Å². The standard InChI is InChI=1S/C18H9BrO2/c19-13-6-3-5-12-16-15(21-17(12)13)9-8-11-10-4-1-2-7-14(10)20-18(11)16/h1-9H. The van der Waals surface area contributed by atoms with Gasteiger partial charge < -0.3 is 8.83 Å². The second kappa shape index (κ2) is 3.89. The number of benzene rings is 3. The molecule has 5 rings (SSSR count). The summed E-state index contributed by atoms with van der Waals surface area (Å²) in [7, 11) is 0. The third-order valence-corrected chi connectivity index (χ3v) is 4.58. The zero-order valence-corrected chi connectivity index (χ0v) is 12.5. The maximum atomic E-state index is 6.10. The summed E-state index contributed by atoms with van der Waals surface area (Å²) >= 11 is 3.55. The second-order valence-electron chi connectivity index (χ2n) is 5.13. The first-order valence-corrected chi connectivity index (χ1v) is 7.53. The van der Waals surface area contributed by atoms with E-state index in [0.29, 0.717) is 0 Å². The van der Waals surface area contributed by atoms with Gasteiger partial charge in [-0.15, -0.1) is 0 Å². The van der Waals surface area contributed by atoms with Crippen molar-refractivity contribution in [2.24, 2.45) is 0 Å². The summed E-state index contributed by atoms with van der Waals surface area (Å²) in [5, 5.41) is 4.38. The molecule has 3 aromatic carbocycles. The molecule has 0 radical (unpaired) electrons. The van der Waals surface area contributed by atoms with Crippen LogP contribution in [0, 0.1) is 0 Å². The SMILES string of the molecule is Brc1cccc2c1oc1ccc3c4ccccc4oc3c12. The van der Waals surface area contributed by atoms with Crippen molar-refractivity contribution in [1.82, 2.24) is 0 Å². The lowest BCUT2D eigenvalue weighted by Gasteiger charge is -1.92. The Morgan fingerprint density at radius 1 is 0.619 bits per heavy atom. The smallest absolute Gasteiger partial charge is 0.149 e. The molecule has 2 nitrogen and oxygen atoms in total. The van der Waals surface area contributed by atoms with Gasteiger partial charge in [0, 0.05) is 16.2 Å². The molecule has 0 atom stereocenters. The molecule has 0 saturated carbocycles. The Labute approximate surface area is 128 Å². The van der Waals surface area contributed by atoms with Crippen molar-refractivity contribution >= 4 is 59.8 Å². The van der Waals surface area contributed by atoms with E-state index in [1.54, 1.807) is 0 Å². The predicted molar refractivity (Wildman–Crippen MR) is 88.7 cm³/mol. The van der Waals surface area contributed by atoms with E-state index in [4.69, 9.17) is 8.83 Å². The van der Waals surface area contributed by atoms with Crippen LogP contribution in [0.25, 0.3) is 43.9 Å². The molecule has 0 saturated heterocycles. The van der Waals surface area contributed by atoms with Crippen LogP contribution in [0.4, 0.5) is 0 Å². The van der Waals surface area contributed by atoms with Crippen LogP contribution in [0.1, 0.15) is 0 Å². The van der Waals surface area contributed by atoms with Crippen LogP contribution in [0.5, 0.6) is 0 Å². The topological polar surface area (TPSA) is 26.3 Å². The molecule has 0 fully saturated rings. The summed E-state index contributed by atoms with van der Waals surface area (Å²) in [4.78, 5) is 0. The molecule has 100 valence electrons. The van der Waals surface area contributed by atoms with Gasteiger partial charge in [-0.3, -0.25) is 0 Å². The Morgan fingerprint density at radius 3 is 2.38 bits per heavy atom. The number of rotatable bonds is 0.